The number of aryl methyl sites for hydroxylation is 1. The summed E-state index contributed by atoms with van der Waals surface area (Å²) < 4.78 is 0. The molecule has 104 valence electrons. The third-order valence-corrected chi connectivity index (χ3v) is 3.80. The van der Waals surface area contributed by atoms with Crippen LogP contribution in [0.25, 0.3) is 0 Å². The highest BCUT2D eigenvalue weighted by molar-refractivity contribution is 5.48. The Kier molecular flexibility index (Phi) is 3.82. The van der Waals surface area contributed by atoms with E-state index >= 15 is 0 Å². The lowest BCUT2D eigenvalue weighted by molar-refractivity contribution is 0.389. The van der Waals surface area contributed by atoms with Gasteiger partial charge in [0.1, 0.15) is 17.5 Å². The zero-order valence-electron chi connectivity index (χ0n) is 11.6. The molecule has 0 radical (unpaired) electrons. The molecule has 0 spiro atoms. The molecule has 2 aliphatic rings. The van der Waals surface area contributed by atoms with E-state index in [9.17, 15) is 0 Å². The molecule has 3 N–H and O–H groups in total. The molecule has 3 rings (SSSR count). The molecule has 0 bridgehead atoms. The van der Waals surface area contributed by atoms with Crippen LogP contribution < -0.4 is 16.0 Å². The number of anilines is 2. The van der Waals surface area contributed by atoms with Gasteiger partial charge in [0.2, 0.25) is 0 Å². The van der Waals surface area contributed by atoms with Crippen LogP contribution in [0.3, 0.4) is 0 Å². The van der Waals surface area contributed by atoms with E-state index in [4.69, 9.17) is 0 Å². The highest BCUT2D eigenvalue weighted by Gasteiger charge is 2.21. The van der Waals surface area contributed by atoms with Crippen LogP contribution in [0.2, 0.25) is 0 Å². The van der Waals surface area contributed by atoms with E-state index in [1.807, 2.05) is 13.0 Å². The van der Waals surface area contributed by atoms with Crippen molar-refractivity contribution in [1.82, 2.24) is 15.3 Å². The van der Waals surface area contributed by atoms with Gasteiger partial charge in [-0.1, -0.05) is 0 Å². The van der Waals surface area contributed by atoms with Crippen molar-refractivity contribution in [3.8, 4) is 0 Å². The summed E-state index contributed by atoms with van der Waals surface area (Å²) in [6, 6.07) is 2.67. The van der Waals surface area contributed by atoms with Gasteiger partial charge in [-0.25, -0.2) is 9.97 Å². The Morgan fingerprint density at radius 3 is 2.63 bits per heavy atom. The zero-order valence-corrected chi connectivity index (χ0v) is 11.6. The first kappa shape index (κ1) is 12.7. The molecule has 1 saturated carbocycles. The molecule has 1 aliphatic heterocycles. The summed E-state index contributed by atoms with van der Waals surface area (Å²) in [6.45, 7) is 5.25. The number of hydrogen-bond donors (Lipinski definition) is 3. The second-order valence-electron chi connectivity index (χ2n) is 5.68. The van der Waals surface area contributed by atoms with Crippen LogP contribution >= 0.6 is 0 Å². The van der Waals surface area contributed by atoms with E-state index < -0.39 is 0 Å². The van der Waals surface area contributed by atoms with Crippen molar-refractivity contribution < 1.29 is 0 Å². The molecule has 1 aromatic rings. The smallest absolute Gasteiger partial charge is 0.132 e. The van der Waals surface area contributed by atoms with Crippen molar-refractivity contribution in [3.63, 3.8) is 0 Å². The van der Waals surface area contributed by atoms with Gasteiger partial charge < -0.3 is 16.0 Å². The van der Waals surface area contributed by atoms with Crippen LogP contribution in [0.4, 0.5) is 11.6 Å². The average Bonchev–Trinajstić information content (AvgIpc) is 3.21. The van der Waals surface area contributed by atoms with Gasteiger partial charge in [-0.05, 0) is 51.6 Å². The summed E-state index contributed by atoms with van der Waals surface area (Å²) >= 11 is 0. The average molecular weight is 261 g/mol. The molecule has 0 unspecified atom stereocenters. The molecule has 0 atom stereocenters. The second kappa shape index (κ2) is 5.74. The van der Waals surface area contributed by atoms with Gasteiger partial charge in [0.15, 0.2) is 0 Å². The Balaban J connectivity index is 1.57. The molecule has 0 amide bonds. The summed E-state index contributed by atoms with van der Waals surface area (Å²) in [7, 11) is 0. The van der Waals surface area contributed by atoms with E-state index in [1.54, 1.807) is 0 Å². The largest absolute Gasteiger partial charge is 0.370 e. The number of nitrogens with zero attached hydrogens (tertiary/aromatic N) is 2. The lowest BCUT2D eigenvalue weighted by atomic mass is 9.98. The van der Waals surface area contributed by atoms with Crippen LogP contribution in [0, 0.1) is 12.8 Å². The van der Waals surface area contributed by atoms with E-state index in [0.29, 0.717) is 6.04 Å². The molecule has 1 aliphatic carbocycles. The topological polar surface area (TPSA) is 61.9 Å². The first-order valence-electron chi connectivity index (χ1n) is 7.36. The summed E-state index contributed by atoms with van der Waals surface area (Å²) in [6.07, 6.45) is 5.04. The van der Waals surface area contributed by atoms with E-state index in [0.717, 1.165) is 43.0 Å². The van der Waals surface area contributed by atoms with Gasteiger partial charge in [0, 0.05) is 18.7 Å². The molecule has 1 aromatic heterocycles. The fourth-order valence-electron chi connectivity index (χ4n) is 2.50. The summed E-state index contributed by atoms with van der Waals surface area (Å²) in [4.78, 5) is 8.90. The van der Waals surface area contributed by atoms with Gasteiger partial charge in [-0.3, -0.25) is 0 Å². The fraction of sp³-hybridized carbons (Fsp3) is 0.714. The highest BCUT2D eigenvalue weighted by atomic mass is 15.1. The minimum atomic E-state index is 0.631. The predicted octanol–water partition coefficient (Wildman–Crippen LogP) is 1.77. The maximum Gasteiger partial charge on any atom is 0.132 e. The molecular formula is C14H23N5. The lowest BCUT2D eigenvalue weighted by Gasteiger charge is -2.23. The number of aromatic nitrogens is 2. The van der Waals surface area contributed by atoms with Gasteiger partial charge in [-0.15, -0.1) is 0 Å². The minimum Gasteiger partial charge on any atom is -0.370 e. The Morgan fingerprint density at radius 1 is 1.16 bits per heavy atom. The third-order valence-electron chi connectivity index (χ3n) is 3.80. The first-order chi connectivity index (χ1) is 9.29. The van der Waals surface area contributed by atoms with Gasteiger partial charge in [0.25, 0.3) is 0 Å². The Bertz CT molecular complexity index is 424. The van der Waals surface area contributed by atoms with Crippen molar-refractivity contribution in [2.75, 3.05) is 30.3 Å². The van der Waals surface area contributed by atoms with Crippen molar-refractivity contribution in [1.29, 1.82) is 0 Å². The van der Waals surface area contributed by atoms with Crippen LogP contribution in [0.15, 0.2) is 6.07 Å². The molecule has 2 fully saturated rings. The fourth-order valence-corrected chi connectivity index (χ4v) is 2.50. The quantitative estimate of drug-likeness (QED) is 0.754. The van der Waals surface area contributed by atoms with Crippen molar-refractivity contribution >= 4 is 11.6 Å². The predicted molar refractivity (Wildman–Crippen MR) is 77.5 cm³/mol. The van der Waals surface area contributed by atoms with Crippen molar-refractivity contribution in [2.45, 2.75) is 38.6 Å². The summed E-state index contributed by atoms with van der Waals surface area (Å²) in [5.74, 6) is 3.51. The number of piperidine rings is 1. The maximum atomic E-state index is 4.47. The van der Waals surface area contributed by atoms with Gasteiger partial charge >= 0.3 is 0 Å². The van der Waals surface area contributed by atoms with E-state index in [-0.39, 0.29) is 0 Å². The van der Waals surface area contributed by atoms with Crippen molar-refractivity contribution in [3.05, 3.63) is 11.9 Å². The Hall–Kier alpha value is -1.36. The lowest BCUT2D eigenvalue weighted by Crippen LogP contribution is -2.31. The molecule has 1 saturated heterocycles. The molecule has 5 nitrogen and oxygen atoms in total. The molecule has 5 heteroatoms. The van der Waals surface area contributed by atoms with Gasteiger partial charge in [-0.2, -0.15) is 0 Å². The normalized spacial score (nSPS) is 20.3. The number of nitrogens with one attached hydrogen (secondary N) is 3. The van der Waals surface area contributed by atoms with E-state index in [2.05, 4.69) is 25.9 Å². The maximum absolute atomic E-state index is 4.47. The summed E-state index contributed by atoms with van der Waals surface area (Å²) in [5.41, 5.74) is 0. The molecule has 2 heterocycles. The highest BCUT2D eigenvalue weighted by Crippen LogP contribution is 2.24. The standard InChI is InChI=1S/C14H23N5/c1-10-17-13(8-14(18-10)19-12-2-3-12)16-9-11-4-6-15-7-5-11/h8,11-12,15H,2-7,9H2,1H3,(H2,16,17,18,19). The third kappa shape index (κ3) is 3.80. The zero-order chi connectivity index (χ0) is 13.1. The molecule has 0 aromatic carbocycles. The van der Waals surface area contributed by atoms with E-state index in [1.165, 1.54) is 25.7 Å². The van der Waals surface area contributed by atoms with Crippen molar-refractivity contribution in [2.24, 2.45) is 5.92 Å². The molecule has 19 heavy (non-hydrogen) atoms. The van der Waals surface area contributed by atoms with Crippen LogP contribution in [-0.2, 0) is 0 Å². The first-order valence-corrected chi connectivity index (χ1v) is 7.36. The number of hydrogen-bond acceptors (Lipinski definition) is 5. The van der Waals surface area contributed by atoms with Crippen LogP contribution in [0.5, 0.6) is 0 Å². The SMILES string of the molecule is Cc1nc(NCC2CCNCC2)cc(NC2CC2)n1. The van der Waals surface area contributed by atoms with Crippen LogP contribution in [0.1, 0.15) is 31.5 Å². The Morgan fingerprint density at radius 2 is 1.89 bits per heavy atom. The monoisotopic (exact) mass is 261 g/mol. The Labute approximate surface area is 114 Å². The number of rotatable bonds is 5. The molecular weight excluding hydrogens is 238 g/mol. The second-order valence-corrected chi connectivity index (χ2v) is 5.68. The van der Waals surface area contributed by atoms with Gasteiger partial charge in [0.05, 0.1) is 0 Å². The summed E-state index contributed by atoms with van der Waals surface area (Å²) in [5, 5.41) is 10.3. The minimum absolute atomic E-state index is 0.631. The van der Waals surface area contributed by atoms with Crippen LogP contribution in [-0.4, -0.2) is 35.6 Å².